The molecule has 0 aliphatic rings. The zero-order chi connectivity index (χ0) is 12.4. The summed E-state index contributed by atoms with van der Waals surface area (Å²) in [5.74, 6) is -2.07. The van der Waals surface area contributed by atoms with Gasteiger partial charge in [0.2, 0.25) is 0 Å². The van der Waals surface area contributed by atoms with E-state index in [1.165, 1.54) is 6.07 Å². The molecule has 0 amide bonds. The van der Waals surface area contributed by atoms with Crippen LogP contribution in [0.1, 0.15) is 10.4 Å². The fraction of sp³-hybridized carbons (Fsp3) is 0. The second-order valence-corrected chi connectivity index (χ2v) is 3.51. The van der Waals surface area contributed by atoms with Crippen LogP contribution in [0.15, 0.2) is 36.4 Å². The number of carbonyl (C=O) groups is 1. The third-order valence-electron chi connectivity index (χ3n) is 2.31. The number of aldehydes is 1. The van der Waals surface area contributed by atoms with Crippen LogP contribution < -0.4 is 0 Å². The lowest BCUT2D eigenvalue weighted by Crippen LogP contribution is -1.91. The van der Waals surface area contributed by atoms with E-state index in [0.29, 0.717) is 11.8 Å². The van der Waals surface area contributed by atoms with Crippen molar-refractivity contribution in [1.29, 1.82) is 0 Å². The summed E-state index contributed by atoms with van der Waals surface area (Å²) < 4.78 is 39.0. The van der Waals surface area contributed by atoms with Crippen molar-refractivity contribution in [3.8, 4) is 11.1 Å². The lowest BCUT2D eigenvalue weighted by molar-refractivity contribution is 0.112. The third-order valence-corrected chi connectivity index (χ3v) is 2.31. The summed E-state index contributed by atoms with van der Waals surface area (Å²) in [7, 11) is 0. The standard InChI is InChI=1S/C13H7F3O/c14-10-1-2-13(9(5-10)7-17)8-3-11(15)6-12(16)4-8/h1-7H. The van der Waals surface area contributed by atoms with Gasteiger partial charge in [-0.2, -0.15) is 0 Å². The van der Waals surface area contributed by atoms with Gasteiger partial charge in [-0.15, -0.1) is 0 Å². The Hall–Kier alpha value is -2.10. The number of halogens is 3. The molecule has 2 aromatic rings. The zero-order valence-electron chi connectivity index (χ0n) is 8.58. The average Bonchev–Trinajstić information content (AvgIpc) is 2.27. The molecule has 0 aliphatic heterocycles. The van der Waals surface area contributed by atoms with E-state index < -0.39 is 17.5 Å². The Labute approximate surface area is 95.5 Å². The van der Waals surface area contributed by atoms with Crippen LogP contribution in [0.5, 0.6) is 0 Å². The highest BCUT2D eigenvalue weighted by molar-refractivity contribution is 5.87. The van der Waals surface area contributed by atoms with Gasteiger partial charge in [0.15, 0.2) is 6.29 Å². The van der Waals surface area contributed by atoms with E-state index in [9.17, 15) is 18.0 Å². The molecule has 1 nitrogen and oxygen atoms in total. The van der Waals surface area contributed by atoms with Gasteiger partial charge in [0.05, 0.1) is 0 Å². The summed E-state index contributed by atoms with van der Waals surface area (Å²) in [5.41, 5.74) is 0.541. The first-order chi connectivity index (χ1) is 8.10. The number of hydrogen-bond donors (Lipinski definition) is 0. The minimum Gasteiger partial charge on any atom is -0.298 e. The molecule has 0 unspecified atom stereocenters. The molecular weight excluding hydrogens is 229 g/mol. The van der Waals surface area contributed by atoms with Crippen molar-refractivity contribution >= 4 is 6.29 Å². The number of benzene rings is 2. The van der Waals surface area contributed by atoms with Crippen molar-refractivity contribution in [3.63, 3.8) is 0 Å². The molecule has 17 heavy (non-hydrogen) atoms. The first-order valence-corrected chi connectivity index (χ1v) is 4.81. The minimum absolute atomic E-state index is 0.0509. The monoisotopic (exact) mass is 236 g/mol. The number of hydrogen-bond acceptors (Lipinski definition) is 1. The molecule has 0 atom stereocenters. The molecule has 0 bridgehead atoms. The van der Waals surface area contributed by atoms with Gasteiger partial charge in [0.25, 0.3) is 0 Å². The van der Waals surface area contributed by atoms with Crippen molar-refractivity contribution in [2.24, 2.45) is 0 Å². The zero-order valence-corrected chi connectivity index (χ0v) is 8.58. The van der Waals surface area contributed by atoms with Gasteiger partial charge in [-0.05, 0) is 35.4 Å². The second-order valence-electron chi connectivity index (χ2n) is 3.51. The predicted molar refractivity (Wildman–Crippen MR) is 57.1 cm³/mol. The minimum atomic E-state index is -0.749. The van der Waals surface area contributed by atoms with Gasteiger partial charge in [-0.25, -0.2) is 13.2 Å². The summed E-state index contributed by atoms with van der Waals surface area (Å²) in [5, 5.41) is 0. The molecule has 0 saturated heterocycles. The maximum absolute atomic E-state index is 13.0. The molecule has 86 valence electrons. The van der Waals surface area contributed by atoms with Gasteiger partial charge in [-0.1, -0.05) is 6.07 Å². The number of rotatable bonds is 2. The first kappa shape index (κ1) is 11.4. The van der Waals surface area contributed by atoms with Crippen molar-refractivity contribution in [1.82, 2.24) is 0 Å². The smallest absolute Gasteiger partial charge is 0.150 e. The highest BCUT2D eigenvalue weighted by Crippen LogP contribution is 2.25. The van der Waals surface area contributed by atoms with E-state index in [-0.39, 0.29) is 11.1 Å². The van der Waals surface area contributed by atoms with Crippen LogP contribution in [0, 0.1) is 17.5 Å². The van der Waals surface area contributed by atoms with Crippen LogP contribution in [-0.4, -0.2) is 6.29 Å². The molecular formula is C13H7F3O. The molecule has 0 heterocycles. The molecule has 0 N–H and O–H groups in total. The third kappa shape index (κ3) is 2.36. The van der Waals surface area contributed by atoms with E-state index in [1.54, 1.807) is 0 Å². The van der Waals surface area contributed by atoms with Crippen molar-refractivity contribution in [2.75, 3.05) is 0 Å². The number of carbonyl (C=O) groups excluding carboxylic acids is 1. The van der Waals surface area contributed by atoms with Gasteiger partial charge in [0, 0.05) is 11.6 Å². The molecule has 0 fully saturated rings. The molecule has 2 rings (SSSR count). The van der Waals surface area contributed by atoms with Crippen molar-refractivity contribution < 1.29 is 18.0 Å². The molecule has 4 heteroatoms. The van der Waals surface area contributed by atoms with Crippen LogP contribution in [0.4, 0.5) is 13.2 Å². The van der Waals surface area contributed by atoms with E-state index in [1.807, 2.05) is 0 Å². The SMILES string of the molecule is O=Cc1cc(F)ccc1-c1cc(F)cc(F)c1. The highest BCUT2D eigenvalue weighted by atomic mass is 19.1. The van der Waals surface area contributed by atoms with E-state index in [2.05, 4.69) is 0 Å². The fourth-order valence-corrected chi connectivity index (χ4v) is 1.60. The van der Waals surface area contributed by atoms with Crippen LogP contribution in [0.2, 0.25) is 0 Å². The maximum atomic E-state index is 13.0. The Morgan fingerprint density at radius 1 is 0.824 bits per heavy atom. The predicted octanol–water partition coefficient (Wildman–Crippen LogP) is 3.58. The molecule has 0 radical (unpaired) electrons. The molecule has 2 aromatic carbocycles. The van der Waals surface area contributed by atoms with Gasteiger partial charge >= 0.3 is 0 Å². The van der Waals surface area contributed by atoms with E-state index in [4.69, 9.17) is 0 Å². The molecule has 0 spiro atoms. The highest BCUT2D eigenvalue weighted by Gasteiger charge is 2.08. The normalized spacial score (nSPS) is 10.3. The largest absolute Gasteiger partial charge is 0.298 e. The quantitative estimate of drug-likeness (QED) is 0.728. The molecule has 0 aliphatic carbocycles. The molecule has 0 saturated carbocycles. The Bertz CT molecular complexity index is 559. The van der Waals surface area contributed by atoms with Crippen LogP contribution in [0.3, 0.4) is 0 Å². The summed E-state index contributed by atoms with van der Waals surface area (Å²) in [6.07, 6.45) is 0.446. The van der Waals surface area contributed by atoms with Gasteiger partial charge in [0.1, 0.15) is 17.5 Å². The van der Waals surface area contributed by atoms with E-state index in [0.717, 1.165) is 30.3 Å². The maximum Gasteiger partial charge on any atom is 0.150 e. The Morgan fingerprint density at radius 3 is 2.06 bits per heavy atom. The van der Waals surface area contributed by atoms with Gasteiger partial charge < -0.3 is 0 Å². The fourth-order valence-electron chi connectivity index (χ4n) is 1.60. The van der Waals surface area contributed by atoms with Crippen molar-refractivity contribution in [3.05, 3.63) is 59.4 Å². The topological polar surface area (TPSA) is 17.1 Å². The van der Waals surface area contributed by atoms with Crippen LogP contribution in [0.25, 0.3) is 11.1 Å². The molecule has 0 aromatic heterocycles. The average molecular weight is 236 g/mol. The van der Waals surface area contributed by atoms with Gasteiger partial charge in [-0.3, -0.25) is 4.79 Å². The Kier molecular flexibility index (Phi) is 2.95. The summed E-state index contributed by atoms with van der Waals surface area (Å²) in [6, 6.07) is 6.36. The summed E-state index contributed by atoms with van der Waals surface area (Å²) in [6.45, 7) is 0. The first-order valence-electron chi connectivity index (χ1n) is 4.81. The Balaban J connectivity index is 2.63. The second kappa shape index (κ2) is 4.41. The summed E-state index contributed by atoms with van der Waals surface area (Å²) >= 11 is 0. The van der Waals surface area contributed by atoms with Crippen LogP contribution in [-0.2, 0) is 0 Å². The van der Waals surface area contributed by atoms with Crippen molar-refractivity contribution in [2.45, 2.75) is 0 Å². The van der Waals surface area contributed by atoms with Crippen LogP contribution >= 0.6 is 0 Å². The lowest BCUT2D eigenvalue weighted by Gasteiger charge is -2.05. The van der Waals surface area contributed by atoms with E-state index >= 15 is 0 Å². The Morgan fingerprint density at radius 2 is 1.47 bits per heavy atom. The summed E-state index contributed by atoms with van der Waals surface area (Å²) in [4.78, 5) is 10.8. The lowest BCUT2D eigenvalue weighted by atomic mass is 10.00.